The number of hydrogen-bond donors (Lipinski definition) is 2. The largest absolute Gasteiger partial charge is 0.495 e. The molecule has 0 radical (unpaired) electrons. The second kappa shape index (κ2) is 6.67. The minimum atomic E-state index is -0.861. The molecule has 7 heteroatoms. The molecule has 6 nitrogen and oxygen atoms in total. The number of piperidine rings is 1. The average molecular weight is 313 g/mol. The summed E-state index contributed by atoms with van der Waals surface area (Å²) in [6, 6.07) is 4.62. The third kappa shape index (κ3) is 3.78. The van der Waals surface area contributed by atoms with Crippen LogP contribution in [-0.2, 0) is 4.79 Å². The predicted octanol–water partition coefficient (Wildman–Crippen LogP) is 2.68. The number of carboxylic acids is 1. The van der Waals surface area contributed by atoms with Crippen molar-refractivity contribution in [3.05, 3.63) is 23.2 Å². The summed E-state index contributed by atoms with van der Waals surface area (Å²) in [5.41, 5.74) is 0.545. The first-order valence-corrected chi connectivity index (χ1v) is 7.01. The lowest BCUT2D eigenvalue weighted by molar-refractivity contribution is -0.143. The van der Waals surface area contributed by atoms with Gasteiger partial charge in [0.2, 0.25) is 0 Å². The highest BCUT2D eigenvalue weighted by Crippen LogP contribution is 2.27. The third-order valence-electron chi connectivity index (χ3n) is 3.46. The van der Waals surface area contributed by atoms with E-state index in [1.165, 1.54) is 12.0 Å². The lowest BCUT2D eigenvalue weighted by Crippen LogP contribution is -2.44. The molecule has 2 amide bonds. The van der Waals surface area contributed by atoms with Gasteiger partial charge in [-0.25, -0.2) is 4.79 Å². The van der Waals surface area contributed by atoms with E-state index in [0.29, 0.717) is 35.8 Å². The topological polar surface area (TPSA) is 78.9 Å². The van der Waals surface area contributed by atoms with Gasteiger partial charge in [-0.2, -0.15) is 0 Å². The van der Waals surface area contributed by atoms with Gasteiger partial charge in [-0.05, 0) is 31.0 Å². The predicted molar refractivity (Wildman–Crippen MR) is 79.0 cm³/mol. The van der Waals surface area contributed by atoms with Crippen LogP contribution in [0, 0.1) is 5.92 Å². The van der Waals surface area contributed by atoms with Gasteiger partial charge in [0.1, 0.15) is 5.75 Å². The number of carboxylic acid groups (broad SMARTS) is 1. The molecule has 0 aliphatic carbocycles. The molecule has 0 spiro atoms. The van der Waals surface area contributed by atoms with Gasteiger partial charge in [-0.1, -0.05) is 11.6 Å². The van der Waals surface area contributed by atoms with Gasteiger partial charge in [0.25, 0.3) is 0 Å². The van der Waals surface area contributed by atoms with Crippen LogP contribution >= 0.6 is 11.6 Å². The summed E-state index contributed by atoms with van der Waals surface area (Å²) in [7, 11) is 1.51. The molecule has 1 atom stereocenters. The Morgan fingerprint density at radius 3 is 2.86 bits per heavy atom. The third-order valence-corrected chi connectivity index (χ3v) is 3.76. The van der Waals surface area contributed by atoms with Crippen molar-refractivity contribution >= 4 is 29.3 Å². The number of aliphatic carboxylic acids is 1. The number of halogens is 1. The van der Waals surface area contributed by atoms with Crippen molar-refractivity contribution < 1.29 is 19.4 Å². The Balaban J connectivity index is 2.00. The van der Waals surface area contributed by atoms with Crippen molar-refractivity contribution in [2.75, 3.05) is 25.5 Å². The Hall–Kier alpha value is -1.95. The molecule has 1 aliphatic rings. The Bertz CT molecular complexity index is 550. The molecule has 2 rings (SSSR count). The molecular formula is C14H17ClN2O4. The van der Waals surface area contributed by atoms with Crippen LogP contribution in [0.5, 0.6) is 5.75 Å². The quantitative estimate of drug-likeness (QED) is 0.899. The number of amides is 2. The van der Waals surface area contributed by atoms with Gasteiger partial charge in [0, 0.05) is 18.8 Å². The van der Waals surface area contributed by atoms with E-state index in [1.807, 2.05) is 0 Å². The molecule has 1 fully saturated rings. The van der Waals surface area contributed by atoms with E-state index < -0.39 is 11.9 Å². The molecule has 21 heavy (non-hydrogen) atoms. The van der Waals surface area contributed by atoms with Crippen LogP contribution in [0.2, 0.25) is 5.02 Å². The molecular weight excluding hydrogens is 296 g/mol. The average Bonchev–Trinajstić information content (AvgIpc) is 2.47. The maximum Gasteiger partial charge on any atom is 0.321 e. The molecule has 1 aliphatic heterocycles. The van der Waals surface area contributed by atoms with Gasteiger partial charge >= 0.3 is 12.0 Å². The number of urea groups is 1. The second-order valence-electron chi connectivity index (χ2n) is 4.90. The highest BCUT2D eigenvalue weighted by atomic mass is 35.5. The van der Waals surface area contributed by atoms with Gasteiger partial charge in [-0.3, -0.25) is 4.79 Å². The number of likely N-dealkylation sites (tertiary alicyclic amines) is 1. The van der Waals surface area contributed by atoms with Crippen LogP contribution in [0.4, 0.5) is 10.5 Å². The Morgan fingerprint density at radius 1 is 1.48 bits per heavy atom. The number of nitrogens with one attached hydrogen (secondary N) is 1. The monoisotopic (exact) mass is 312 g/mol. The summed E-state index contributed by atoms with van der Waals surface area (Å²) in [4.78, 5) is 24.7. The zero-order valence-electron chi connectivity index (χ0n) is 11.6. The molecule has 0 saturated carbocycles. The fourth-order valence-electron chi connectivity index (χ4n) is 2.31. The van der Waals surface area contributed by atoms with Crippen molar-refractivity contribution in [3.8, 4) is 5.75 Å². The van der Waals surface area contributed by atoms with Crippen molar-refractivity contribution in [2.24, 2.45) is 5.92 Å². The zero-order chi connectivity index (χ0) is 15.4. The fraction of sp³-hybridized carbons (Fsp3) is 0.429. The summed E-state index contributed by atoms with van der Waals surface area (Å²) >= 11 is 6.00. The highest BCUT2D eigenvalue weighted by Gasteiger charge is 2.28. The molecule has 1 unspecified atom stereocenters. The molecule has 0 bridgehead atoms. The summed E-state index contributed by atoms with van der Waals surface area (Å²) in [6.45, 7) is 0.782. The number of carbonyl (C=O) groups is 2. The minimum absolute atomic E-state index is 0.227. The molecule has 1 aromatic rings. The first-order chi connectivity index (χ1) is 10.0. The molecule has 114 valence electrons. The number of hydrogen-bond acceptors (Lipinski definition) is 3. The molecule has 1 saturated heterocycles. The van der Waals surface area contributed by atoms with Crippen molar-refractivity contribution in [1.29, 1.82) is 0 Å². The van der Waals surface area contributed by atoms with Crippen LogP contribution in [0.15, 0.2) is 18.2 Å². The van der Waals surface area contributed by atoms with E-state index in [2.05, 4.69) is 5.32 Å². The van der Waals surface area contributed by atoms with Gasteiger partial charge in [0.05, 0.1) is 18.1 Å². The van der Waals surface area contributed by atoms with Crippen LogP contribution in [-0.4, -0.2) is 42.2 Å². The van der Waals surface area contributed by atoms with Crippen LogP contribution in [0.1, 0.15) is 12.8 Å². The van der Waals surface area contributed by atoms with E-state index in [1.54, 1.807) is 18.2 Å². The van der Waals surface area contributed by atoms with Crippen molar-refractivity contribution in [1.82, 2.24) is 4.90 Å². The Morgan fingerprint density at radius 2 is 2.24 bits per heavy atom. The van der Waals surface area contributed by atoms with Crippen LogP contribution in [0.25, 0.3) is 0 Å². The summed E-state index contributed by atoms with van der Waals surface area (Å²) < 4.78 is 5.04. The standard InChI is InChI=1S/C14H17ClN2O4/c1-21-12-5-4-10(7-11(12)15)16-14(20)17-6-2-3-9(8-17)13(18)19/h4-5,7,9H,2-3,6,8H2,1H3,(H,16,20)(H,18,19). The number of carbonyl (C=O) groups excluding carboxylic acids is 1. The SMILES string of the molecule is COc1ccc(NC(=O)N2CCCC(C(=O)O)C2)cc1Cl. The van der Waals surface area contributed by atoms with Gasteiger partial charge < -0.3 is 20.1 Å². The van der Waals surface area contributed by atoms with Gasteiger partial charge in [-0.15, -0.1) is 0 Å². The maximum atomic E-state index is 12.1. The smallest absolute Gasteiger partial charge is 0.321 e. The lowest BCUT2D eigenvalue weighted by atomic mass is 9.99. The Labute approximate surface area is 127 Å². The highest BCUT2D eigenvalue weighted by molar-refractivity contribution is 6.32. The number of benzene rings is 1. The number of ether oxygens (including phenoxy) is 1. The first-order valence-electron chi connectivity index (χ1n) is 6.63. The van der Waals surface area contributed by atoms with E-state index in [0.717, 1.165) is 0 Å². The van der Waals surface area contributed by atoms with E-state index in [9.17, 15) is 9.59 Å². The fourth-order valence-corrected chi connectivity index (χ4v) is 2.57. The molecule has 2 N–H and O–H groups in total. The lowest BCUT2D eigenvalue weighted by Gasteiger charge is -2.30. The van der Waals surface area contributed by atoms with Crippen molar-refractivity contribution in [2.45, 2.75) is 12.8 Å². The van der Waals surface area contributed by atoms with Crippen molar-refractivity contribution in [3.63, 3.8) is 0 Å². The number of nitrogens with zero attached hydrogens (tertiary/aromatic N) is 1. The maximum absolute atomic E-state index is 12.1. The first kappa shape index (κ1) is 15.4. The molecule has 1 heterocycles. The number of methoxy groups -OCH3 is 1. The number of anilines is 1. The number of rotatable bonds is 3. The van der Waals surface area contributed by atoms with E-state index in [4.69, 9.17) is 21.4 Å². The molecule has 1 aromatic carbocycles. The summed E-state index contributed by atoms with van der Waals surface area (Å²) in [5.74, 6) is -0.831. The van der Waals surface area contributed by atoms with Gasteiger partial charge in [0.15, 0.2) is 0 Å². The minimum Gasteiger partial charge on any atom is -0.495 e. The Kier molecular flexibility index (Phi) is 4.90. The normalized spacial score (nSPS) is 18.2. The zero-order valence-corrected chi connectivity index (χ0v) is 12.4. The van der Waals surface area contributed by atoms with E-state index >= 15 is 0 Å². The summed E-state index contributed by atoms with van der Waals surface area (Å²) in [6.07, 6.45) is 1.29. The summed E-state index contributed by atoms with van der Waals surface area (Å²) in [5, 5.41) is 12.1. The molecule has 0 aromatic heterocycles. The van der Waals surface area contributed by atoms with Crippen LogP contribution in [0.3, 0.4) is 0 Å². The van der Waals surface area contributed by atoms with E-state index in [-0.39, 0.29) is 12.6 Å². The second-order valence-corrected chi connectivity index (χ2v) is 5.31. The van der Waals surface area contributed by atoms with Crippen LogP contribution < -0.4 is 10.1 Å².